The molecule has 0 heterocycles. The molecule has 1 N–H and O–H groups in total. The average Bonchev–Trinajstić information content (AvgIpc) is 2.94. The van der Waals surface area contributed by atoms with Crippen molar-refractivity contribution in [2.24, 2.45) is 23.7 Å². The topological polar surface area (TPSA) is 29.1 Å². The highest BCUT2D eigenvalue weighted by Gasteiger charge is 2.39. The molecule has 2 heteroatoms. The molecule has 0 aromatic carbocycles. The van der Waals surface area contributed by atoms with Crippen LogP contribution in [0.5, 0.6) is 0 Å². The molecule has 2 aliphatic rings. The minimum atomic E-state index is 0.307. The summed E-state index contributed by atoms with van der Waals surface area (Å²) in [6.45, 7) is 5.42. The van der Waals surface area contributed by atoms with Gasteiger partial charge >= 0.3 is 0 Å². The van der Waals surface area contributed by atoms with Gasteiger partial charge in [-0.25, -0.2) is 0 Å². The first kappa shape index (κ1) is 11.0. The van der Waals surface area contributed by atoms with Crippen molar-refractivity contribution in [1.29, 1.82) is 0 Å². The normalized spacial score (nSPS) is 39.9. The Labute approximate surface area is 92.8 Å². The van der Waals surface area contributed by atoms with Gasteiger partial charge in [0.25, 0.3) is 0 Å². The zero-order chi connectivity index (χ0) is 10.8. The molecule has 2 aliphatic carbocycles. The Morgan fingerprint density at radius 2 is 1.80 bits per heavy atom. The number of carbonyl (C=O) groups is 1. The monoisotopic (exact) mass is 209 g/mol. The Morgan fingerprint density at radius 3 is 2.33 bits per heavy atom. The first-order chi connectivity index (χ1) is 7.16. The summed E-state index contributed by atoms with van der Waals surface area (Å²) in [5, 5.41) is 3.12. The molecule has 2 saturated carbocycles. The summed E-state index contributed by atoms with van der Waals surface area (Å²) in [6, 6.07) is 0. The highest BCUT2D eigenvalue weighted by molar-refractivity contribution is 5.81. The summed E-state index contributed by atoms with van der Waals surface area (Å²) in [7, 11) is 0. The molecule has 0 bridgehead atoms. The lowest BCUT2D eigenvalue weighted by Crippen LogP contribution is -2.32. The molecule has 0 aromatic rings. The Hall–Kier alpha value is -0.530. The second kappa shape index (κ2) is 4.54. The van der Waals surface area contributed by atoms with E-state index < -0.39 is 0 Å². The fraction of sp³-hybridized carbons (Fsp3) is 0.923. The van der Waals surface area contributed by atoms with E-state index in [1.54, 1.807) is 0 Å². The Kier molecular flexibility index (Phi) is 3.32. The molecule has 0 saturated heterocycles. The second-order valence-corrected chi connectivity index (χ2v) is 5.69. The molecule has 0 spiro atoms. The summed E-state index contributed by atoms with van der Waals surface area (Å²) in [4.78, 5) is 11.6. The van der Waals surface area contributed by atoms with Crippen LogP contribution in [0.1, 0.15) is 46.0 Å². The number of hydrogen-bond donors (Lipinski definition) is 1. The molecular formula is C13H23NO. The van der Waals surface area contributed by atoms with Gasteiger partial charge in [-0.2, -0.15) is 0 Å². The van der Waals surface area contributed by atoms with E-state index in [2.05, 4.69) is 19.2 Å². The van der Waals surface area contributed by atoms with Gasteiger partial charge in [-0.05, 0) is 37.0 Å². The summed E-state index contributed by atoms with van der Waals surface area (Å²) in [6.07, 6.45) is 6.41. The van der Waals surface area contributed by atoms with Crippen LogP contribution in [0.25, 0.3) is 0 Å². The molecule has 1 amide bonds. The Bertz CT molecular complexity index is 231. The third-order valence-electron chi connectivity index (χ3n) is 4.15. The van der Waals surface area contributed by atoms with Crippen molar-refractivity contribution in [3.8, 4) is 0 Å². The van der Waals surface area contributed by atoms with Crippen molar-refractivity contribution < 1.29 is 4.79 Å². The van der Waals surface area contributed by atoms with Gasteiger partial charge < -0.3 is 5.32 Å². The van der Waals surface area contributed by atoms with E-state index in [4.69, 9.17) is 0 Å². The van der Waals surface area contributed by atoms with Gasteiger partial charge in [-0.3, -0.25) is 4.79 Å². The number of hydrogen-bond acceptors (Lipinski definition) is 1. The molecular weight excluding hydrogens is 186 g/mol. The van der Waals surface area contributed by atoms with Crippen LogP contribution in [0, 0.1) is 23.7 Å². The standard InChI is InChI=1S/C13H23NO/c1-9-3-5-11(6-4-9)8-14-13(15)12-7-10(12)2/h9-12H,3-8H2,1-2H3,(H,14,15)/t9?,10-,11?,12-/m1/s1. The largest absolute Gasteiger partial charge is 0.356 e. The van der Waals surface area contributed by atoms with E-state index in [9.17, 15) is 4.79 Å². The van der Waals surface area contributed by atoms with Crippen LogP contribution in [-0.4, -0.2) is 12.5 Å². The van der Waals surface area contributed by atoms with Crippen LogP contribution in [0.2, 0.25) is 0 Å². The highest BCUT2D eigenvalue weighted by atomic mass is 16.2. The molecule has 0 aliphatic heterocycles. The smallest absolute Gasteiger partial charge is 0.223 e. The zero-order valence-corrected chi connectivity index (χ0v) is 9.96. The predicted molar refractivity (Wildman–Crippen MR) is 61.4 cm³/mol. The van der Waals surface area contributed by atoms with Crippen LogP contribution in [-0.2, 0) is 4.79 Å². The maximum absolute atomic E-state index is 11.6. The van der Waals surface area contributed by atoms with Crippen LogP contribution in [0.3, 0.4) is 0 Å². The first-order valence-corrected chi connectivity index (χ1v) is 6.44. The summed E-state index contributed by atoms with van der Waals surface area (Å²) >= 11 is 0. The minimum absolute atomic E-state index is 0.307. The first-order valence-electron chi connectivity index (χ1n) is 6.44. The minimum Gasteiger partial charge on any atom is -0.356 e. The number of carbonyl (C=O) groups excluding carboxylic acids is 1. The molecule has 2 atom stereocenters. The summed E-state index contributed by atoms with van der Waals surface area (Å²) < 4.78 is 0. The van der Waals surface area contributed by atoms with E-state index >= 15 is 0 Å². The van der Waals surface area contributed by atoms with Gasteiger partial charge in [0.2, 0.25) is 5.91 Å². The predicted octanol–water partition coefficient (Wildman–Crippen LogP) is 2.58. The van der Waals surface area contributed by atoms with Crippen LogP contribution in [0.4, 0.5) is 0 Å². The van der Waals surface area contributed by atoms with Crippen LogP contribution in [0.15, 0.2) is 0 Å². The van der Waals surface area contributed by atoms with Gasteiger partial charge in [0.05, 0.1) is 0 Å². The molecule has 15 heavy (non-hydrogen) atoms. The van der Waals surface area contributed by atoms with E-state index in [0.29, 0.717) is 17.7 Å². The van der Waals surface area contributed by atoms with Gasteiger partial charge in [0.1, 0.15) is 0 Å². The van der Waals surface area contributed by atoms with Crippen molar-refractivity contribution in [3.63, 3.8) is 0 Å². The van der Waals surface area contributed by atoms with E-state index in [1.807, 2.05) is 0 Å². The van der Waals surface area contributed by atoms with E-state index in [-0.39, 0.29) is 0 Å². The fourth-order valence-corrected chi connectivity index (χ4v) is 2.60. The third-order valence-corrected chi connectivity index (χ3v) is 4.15. The number of rotatable bonds is 3. The quantitative estimate of drug-likeness (QED) is 0.760. The summed E-state index contributed by atoms with van der Waals surface area (Å²) in [5.41, 5.74) is 0. The van der Waals surface area contributed by atoms with Crippen molar-refractivity contribution in [3.05, 3.63) is 0 Å². The lowest BCUT2D eigenvalue weighted by Gasteiger charge is -2.26. The van der Waals surface area contributed by atoms with Gasteiger partial charge in [0, 0.05) is 12.5 Å². The van der Waals surface area contributed by atoms with Gasteiger partial charge in [0.15, 0.2) is 0 Å². The molecule has 0 aromatic heterocycles. The molecule has 0 radical (unpaired) electrons. The fourth-order valence-electron chi connectivity index (χ4n) is 2.60. The molecule has 2 fully saturated rings. The Balaban J connectivity index is 1.63. The van der Waals surface area contributed by atoms with Gasteiger partial charge in [-0.15, -0.1) is 0 Å². The lowest BCUT2D eigenvalue weighted by atomic mass is 9.83. The second-order valence-electron chi connectivity index (χ2n) is 5.69. The number of amides is 1. The number of nitrogens with one attached hydrogen (secondary N) is 1. The van der Waals surface area contributed by atoms with E-state index in [0.717, 1.165) is 24.8 Å². The van der Waals surface area contributed by atoms with Crippen molar-refractivity contribution in [2.45, 2.75) is 46.0 Å². The van der Waals surface area contributed by atoms with Crippen molar-refractivity contribution in [2.75, 3.05) is 6.54 Å². The SMILES string of the molecule is CC1CCC(CNC(=O)[C@@H]2C[C@H]2C)CC1. The Morgan fingerprint density at radius 1 is 1.20 bits per heavy atom. The third kappa shape index (κ3) is 2.96. The lowest BCUT2D eigenvalue weighted by molar-refractivity contribution is -0.122. The molecule has 0 unspecified atom stereocenters. The highest BCUT2D eigenvalue weighted by Crippen LogP contribution is 2.37. The van der Waals surface area contributed by atoms with E-state index in [1.165, 1.54) is 25.7 Å². The van der Waals surface area contributed by atoms with Crippen molar-refractivity contribution in [1.82, 2.24) is 5.32 Å². The maximum Gasteiger partial charge on any atom is 0.223 e. The summed E-state index contributed by atoms with van der Waals surface area (Å²) in [5.74, 6) is 2.93. The molecule has 86 valence electrons. The average molecular weight is 209 g/mol. The van der Waals surface area contributed by atoms with Crippen LogP contribution < -0.4 is 5.32 Å². The molecule has 2 rings (SSSR count). The molecule has 2 nitrogen and oxygen atoms in total. The zero-order valence-electron chi connectivity index (χ0n) is 9.96. The van der Waals surface area contributed by atoms with Crippen molar-refractivity contribution >= 4 is 5.91 Å². The van der Waals surface area contributed by atoms with Crippen LogP contribution >= 0.6 is 0 Å². The maximum atomic E-state index is 11.6. The van der Waals surface area contributed by atoms with Gasteiger partial charge in [-0.1, -0.05) is 26.7 Å².